The summed E-state index contributed by atoms with van der Waals surface area (Å²) in [6.45, 7) is 1.30. The molecule has 0 aliphatic carbocycles. The Bertz CT molecular complexity index is 270. The summed E-state index contributed by atoms with van der Waals surface area (Å²) in [7, 11) is 1.68. The number of aromatic nitrogens is 2. The first kappa shape index (κ1) is 8.59. The number of rotatable bonds is 2. The van der Waals surface area contributed by atoms with Gasteiger partial charge in [0.15, 0.2) is 0 Å². The average molecular weight is 180 g/mol. The molecular formula is C9H12N2O2. The summed E-state index contributed by atoms with van der Waals surface area (Å²) in [6.07, 6.45) is 5.91. The largest absolute Gasteiger partial charge is 0.378 e. The number of ether oxygens (including phenoxy) is 2. The van der Waals surface area contributed by atoms with Crippen molar-refractivity contribution in [2.45, 2.75) is 12.0 Å². The van der Waals surface area contributed by atoms with Crippen molar-refractivity contribution in [1.82, 2.24) is 9.97 Å². The van der Waals surface area contributed by atoms with Gasteiger partial charge in [0.05, 0.1) is 18.5 Å². The number of hydrogen-bond donors (Lipinski definition) is 0. The lowest BCUT2D eigenvalue weighted by atomic mass is 9.99. The normalized spacial score (nSPS) is 27.8. The maximum Gasteiger partial charge on any atom is 0.136 e. The van der Waals surface area contributed by atoms with E-state index in [0.29, 0.717) is 6.61 Å². The van der Waals surface area contributed by atoms with Crippen molar-refractivity contribution in [2.24, 2.45) is 0 Å². The molecule has 0 aromatic carbocycles. The van der Waals surface area contributed by atoms with Gasteiger partial charge in [0.1, 0.15) is 5.60 Å². The molecule has 1 aliphatic heterocycles. The zero-order valence-electron chi connectivity index (χ0n) is 7.56. The van der Waals surface area contributed by atoms with Crippen LogP contribution in [0.25, 0.3) is 0 Å². The summed E-state index contributed by atoms with van der Waals surface area (Å²) in [5.74, 6) is 0. The fraction of sp³-hybridized carbons (Fsp3) is 0.556. The molecule has 1 atom stereocenters. The minimum absolute atomic E-state index is 0.367. The Labute approximate surface area is 76.9 Å². The molecule has 4 nitrogen and oxygen atoms in total. The van der Waals surface area contributed by atoms with Crippen molar-refractivity contribution >= 4 is 0 Å². The van der Waals surface area contributed by atoms with Gasteiger partial charge in [-0.15, -0.1) is 0 Å². The second-order valence-corrected chi connectivity index (χ2v) is 3.09. The Morgan fingerprint density at radius 3 is 3.00 bits per heavy atom. The molecule has 70 valence electrons. The topological polar surface area (TPSA) is 44.2 Å². The van der Waals surface area contributed by atoms with Gasteiger partial charge in [-0.25, -0.2) is 0 Å². The third-order valence-corrected chi connectivity index (χ3v) is 2.41. The van der Waals surface area contributed by atoms with Crippen molar-refractivity contribution in [3.05, 3.63) is 24.3 Å². The summed E-state index contributed by atoms with van der Waals surface area (Å²) >= 11 is 0. The molecule has 2 rings (SSSR count). The quantitative estimate of drug-likeness (QED) is 0.673. The van der Waals surface area contributed by atoms with E-state index >= 15 is 0 Å². The second kappa shape index (κ2) is 3.40. The van der Waals surface area contributed by atoms with Crippen LogP contribution in [0.1, 0.15) is 12.1 Å². The highest BCUT2D eigenvalue weighted by atomic mass is 16.5. The number of methoxy groups -OCH3 is 1. The van der Waals surface area contributed by atoms with Gasteiger partial charge in [0.25, 0.3) is 0 Å². The van der Waals surface area contributed by atoms with E-state index in [4.69, 9.17) is 9.47 Å². The fourth-order valence-electron chi connectivity index (χ4n) is 1.55. The summed E-state index contributed by atoms with van der Waals surface area (Å²) in [5, 5.41) is 0. The Balaban J connectivity index is 2.31. The average Bonchev–Trinajstić information content (AvgIpc) is 2.69. The molecule has 1 unspecified atom stereocenters. The summed E-state index contributed by atoms with van der Waals surface area (Å²) in [6, 6.07) is 0. The summed E-state index contributed by atoms with van der Waals surface area (Å²) in [5.41, 5.74) is 0.490. The summed E-state index contributed by atoms with van der Waals surface area (Å²) < 4.78 is 10.8. The maximum atomic E-state index is 5.46. The van der Waals surface area contributed by atoms with Gasteiger partial charge in [-0.05, 0) is 0 Å². The van der Waals surface area contributed by atoms with Crippen LogP contribution in [0.3, 0.4) is 0 Å². The molecule has 0 saturated carbocycles. The van der Waals surface area contributed by atoms with E-state index in [9.17, 15) is 0 Å². The van der Waals surface area contributed by atoms with Gasteiger partial charge in [-0.3, -0.25) is 9.97 Å². The van der Waals surface area contributed by atoms with Crippen LogP contribution in [0.5, 0.6) is 0 Å². The highest BCUT2D eigenvalue weighted by Crippen LogP contribution is 2.31. The molecule has 13 heavy (non-hydrogen) atoms. The first-order chi connectivity index (χ1) is 6.37. The molecule has 0 N–H and O–H groups in total. The Morgan fingerprint density at radius 2 is 2.46 bits per heavy atom. The lowest BCUT2D eigenvalue weighted by molar-refractivity contribution is -0.0248. The highest BCUT2D eigenvalue weighted by molar-refractivity contribution is 5.10. The van der Waals surface area contributed by atoms with Gasteiger partial charge >= 0.3 is 0 Å². The molecule has 2 heterocycles. The smallest absolute Gasteiger partial charge is 0.136 e. The molecule has 0 radical (unpaired) electrons. The Hall–Kier alpha value is -1.00. The van der Waals surface area contributed by atoms with Crippen molar-refractivity contribution < 1.29 is 9.47 Å². The third kappa shape index (κ3) is 1.43. The molecule has 1 aromatic heterocycles. The predicted molar refractivity (Wildman–Crippen MR) is 46.2 cm³/mol. The van der Waals surface area contributed by atoms with Crippen LogP contribution in [0, 0.1) is 0 Å². The van der Waals surface area contributed by atoms with Gasteiger partial charge in [0, 0.05) is 32.5 Å². The van der Waals surface area contributed by atoms with E-state index in [1.165, 1.54) is 0 Å². The molecule has 0 amide bonds. The van der Waals surface area contributed by atoms with Crippen molar-refractivity contribution in [2.75, 3.05) is 20.3 Å². The minimum atomic E-state index is -0.367. The lowest BCUT2D eigenvalue weighted by Gasteiger charge is -2.24. The Morgan fingerprint density at radius 1 is 1.54 bits per heavy atom. The van der Waals surface area contributed by atoms with Crippen LogP contribution in [0.4, 0.5) is 0 Å². The minimum Gasteiger partial charge on any atom is -0.378 e. The van der Waals surface area contributed by atoms with Gasteiger partial charge in [0.2, 0.25) is 0 Å². The first-order valence-electron chi connectivity index (χ1n) is 4.27. The molecule has 4 heteroatoms. The Kier molecular flexibility index (Phi) is 2.24. The van der Waals surface area contributed by atoms with Crippen LogP contribution >= 0.6 is 0 Å². The third-order valence-electron chi connectivity index (χ3n) is 2.41. The van der Waals surface area contributed by atoms with E-state index in [2.05, 4.69) is 9.97 Å². The van der Waals surface area contributed by atoms with Gasteiger partial charge in [-0.1, -0.05) is 0 Å². The van der Waals surface area contributed by atoms with Crippen molar-refractivity contribution in [3.8, 4) is 0 Å². The van der Waals surface area contributed by atoms with E-state index < -0.39 is 0 Å². The standard InChI is InChI=1S/C9H12N2O2/c1-12-9(2-5-13-7-9)8-6-10-3-4-11-8/h3-4,6H,2,5,7H2,1H3. The first-order valence-corrected chi connectivity index (χ1v) is 4.27. The van der Waals surface area contributed by atoms with Crippen LogP contribution in [0.2, 0.25) is 0 Å². The van der Waals surface area contributed by atoms with Crippen molar-refractivity contribution in [1.29, 1.82) is 0 Å². The zero-order valence-corrected chi connectivity index (χ0v) is 7.56. The van der Waals surface area contributed by atoms with Gasteiger partial charge in [-0.2, -0.15) is 0 Å². The van der Waals surface area contributed by atoms with E-state index in [-0.39, 0.29) is 5.60 Å². The summed E-state index contributed by atoms with van der Waals surface area (Å²) in [4.78, 5) is 8.26. The SMILES string of the molecule is COC1(c2cnccn2)CCOC1. The van der Waals surface area contributed by atoms with E-state index in [1.54, 1.807) is 25.7 Å². The zero-order chi connectivity index (χ0) is 9.15. The van der Waals surface area contributed by atoms with Crippen LogP contribution in [-0.2, 0) is 15.1 Å². The molecule has 1 aliphatic rings. The predicted octanol–water partition coefficient (Wildman–Crippen LogP) is 0.739. The molecule has 1 saturated heterocycles. The fourth-order valence-corrected chi connectivity index (χ4v) is 1.55. The molecule has 0 spiro atoms. The van der Waals surface area contributed by atoms with Crippen LogP contribution < -0.4 is 0 Å². The number of hydrogen-bond acceptors (Lipinski definition) is 4. The molecule has 1 fully saturated rings. The lowest BCUT2D eigenvalue weighted by Crippen LogP contribution is -2.29. The second-order valence-electron chi connectivity index (χ2n) is 3.09. The molecule has 0 bridgehead atoms. The van der Waals surface area contributed by atoms with Gasteiger partial charge < -0.3 is 9.47 Å². The van der Waals surface area contributed by atoms with E-state index in [0.717, 1.165) is 18.7 Å². The van der Waals surface area contributed by atoms with Crippen molar-refractivity contribution in [3.63, 3.8) is 0 Å². The van der Waals surface area contributed by atoms with Crippen LogP contribution in [0.15, 0.2) is 18.6 Å². The molecular weight excluding hydrogens is 168 g/mol. The number of nitrogens with zero attached hydrogens (tertiary/aromatic N) is 2. The monoisotopic (exact) mass is 180 g/mol. The highest BCUT2D eigenvalue weighted by Gasteiger charge is 2.38. The molecule has 1 aromatic rings. The van der Waals surface area contributed by atoms with Crippen LogP contribution in [-0.4, -0.2) is 30.3 Å². The van der Waals surface area contributed by atoms with E-state index in [1.807, 2.05) is 0 Å². The maximum absolute atomic E-state index is 5.46.